The molecule has 1 aliphatic rings. The van der Waals surface area contributed by atoms with E-state index in [1.807, 2.05) is 13.8 Å². The van der Waals surface area contributed by atoms with Crippen molar-refractivity contribution in [2.45, 2.75) is 51.8 Å². The Kier molecular flexibility index (Phi) is 9.04. The van der Waals surface area contributed by atoms with E-state index < -0.39 is 29.9 Å². The highest BCUT2D eigenvalue weighted by Crippen LogP contribution is 2.16. The second-order valence-corrected chi connectivity index (χ2v) is 7.93. The third-order valence-electron chi connectivity index (χ3n) is 4.87. The summed E-state index contributed by atoms with van der Waals surface area (Å²) < 4.78 is 18.3. The molecule has 1 unspecified atom stereocenters. The summed E-state index contributed by atoms with van der Waals surface area (Å²) in [4.78, 5) is 36.6. The molecule has 8 nitrogen and oxygen atoms in total. The fourth-order valence-electron chi connectivity index (χ4n) is 3.36. The molecule has 1 fully saturated rings. The molecule has 0 spiro atoms. The van der Waals surface area contributed by atoms with Gasteiger partial charge in [-0.15, -0.1) is 0 Å². The molecule has 9 heteroatoms. The van der Waals surface area contributed by atoms with Crippen LogP contribution < -0.4 is 16.0 Å². The van der Waals surface area contributed by atoms with Crippen molar-refractivity contribution in [2.24, 2.45) is 11.8 Å². The SMILES string of the molecule is CC(C)C[C@H](NC(=O)OCc1cccc(F)c1)C(=O)N[C@H](CO)CC1CCNC1=O. The highest BCUT2D eigenvalue weighted by molar-refractivity contribution is 5.86. The summed E-state index contributed by atoms with van der Waals surface area (Å²) in [5.41, 5.74) is 0.491. The van der Waals surface area contributed by atoms with Gasteiger partial charge >= 0.3 is 6.09 Å². The molecule has 0 radical (unpaired) electrons. The summed E-state index contributed by atoms with van der Waals surface area (Å²) in [6, 6.07) is 4.23. The predicted molar refractivity (Wildman–Crippen MR) is 108 cm³/mol. The Labute approximate surface area is 175 Å². The van der Waals surface area contributed by atoms with Gasteiger partial charge in [0.1, 0.15) is 18.5 Å². The van der Waals surface area contributed by atoms with E-state index in [0.717, 1.165) is 0 Å². The third-order valence-corrected chi connectivity index (χ3v) is 4.87. The molecule has 0 saturated carbocycles. The van der Waals surface area contributed by atoms with Crippen LogP contribution in [-0.2, 0) is 20.9 Å². The maximum atomic E-state index is 13.2. The molecule has 3 amide bonds. The van der Waals surface area contributed by atoms with Crippen LogP contribution in [0.4, 0.5) is 9.18 Å². The Morgan fingerprint density at radius 1 is 1.33 bits per heavy atom. The van der Waals surface area contributed by atoms with Gasteiger partial charge in [-0.1, -0.05) is 26.0 Å². The maximum absolute atomic E-state index is 13.2. The zero-order valence-electron chi connectivity index (χ0n) is 17.3. The van der Waals surface area contributed by atoms with E-state index in [2.05, 4.69) is 16.0 Å². The molecule has 0 aromatic heterocycles. The van der Waals surface area contributed by atoms with Crippen LogP contribution in [0.1, 0.15) is 38.7 Å². The highest BCUT2D eigenvalue weighted by Gasteiger charge is 2.30. The van der Waals surface area contributed by atoms with Crippen LogP contribution in [0.3, 0.4) is 0 Å². The Balaban J connectivity index is 1.91. The van der Waals surface area contributed by atoms with E-state index in [4.69, 9.17) is 4.74 Å². The summed E-state index contributed by atoms with van der Waals surface area (Å²) in [6.45, 7) is 3.97. The summed E-state index contributed by atoms with van der Waals surface area (Å²) in [5, 5.41) is 17.6. The number of hydrogen-bond donors (Lipinski definition) is 4. The normalized spacial score (nSPS) is 17.9. The van der Waals surface area contributed by atoms with Crippen LogP contribution in [0.25, 0.3) is 0 Å². The summed E-state index contributed by atoms with van der Waals surface area (Å²) in [7, 11) is 0. The number of alkyl carbamates (subject to hydrolysis) is 1. The van der Waals surface area contributed by atoms with Crippen LogP contribution in [0.2, 0.25) is 0 Å². The average Bonchev–Trinajstić information content (AvgIpc) is 3.09. The molecule has 0 bridgehead atoms. The van der Waals surface area contributed by atoms with Crippen molar-refractivity contribution in [1.82, 2.24) is 16.0 Å². The maximum Gasteiger partial charge on any atom is 0.408 e. The zero-order chi connectivity index (χ0) is 22.1. The second kappa shape index (κ2) is 11.5. The first-order valence-electron chi connectivity index (χ1n) is 10.1. The number of aliphatic hydroxyl groups is 1. The van der Waals surface area contributed by atoms with E-state index in [-0.39, 0.29) is 31.0 Å². The standard InChI is InChI=1S/C21H30FN3O5/c1-13(2)8-18(25-21(29)30-12-14-4-3-5-16(22)9-14)20(28)24-17(11-26)10-15-6-7-23-19(15)27/h3-5,9,13,15,17-18,26H,6-8,10-12H2,1-2H3,(H,23,27)(H,24,28)(H,25,29)/t15?,17-,18-/m0/s1. The van der Waals surface area contributed by atoms with E-state index in [0.29, 0.717) is 31.4 Å². The van der Waals surface area contributed by atoms with Crippen LogP contribution in [-0.4, -0.2) is 48.2 Å². The number of halogens is 1. The van der Waals surface area contributed by atoms with E-state index in [1.165, 1.54) is 18.2 Å². The van der Waals surface area contributed by atoms with Crippen molar-refractivity contribution in [1.29, 1.82) is 0 Å². The van der Waals surface area contributed by atoms with E-state index in [9.17, 15) is 23.9 Å². The summed E-state index contributed by atoms with van der Waals surface area (Å²) in [6.07, 6.45) is 0.552. The molecular weight excluding hydrogens is 393 g/mol. The van der Waals surface area contributed by atoms with Crippen molar-refractivity contribution < 1.29 is 28.6 Å². The minimum absolute atomic E-state index is 0.0829. The molecular formula is C21H30FN3O5. The number of nitrogens with one attached hydrogen (secondary N) is 3. The molecule has 3 atom stereocenters. The third kappa shape index (κ3) is 7.62. The van der Waals surface area contributed by atoms with Crippen molar-refractivity contribution in [2.75, 3.05) is 13.2 Å². The Hall–Kier alpha value is -2.68. The summed E-state index contributed by atoms with van der Waals surface area (Å²) in [5.74, 6) is -1.11. The molecule has 2 rings (SSSR count). The molecule has 166 valence electrons. The number of carbonyl (C=O) groups is 3. The molecule has 0 aliphatic carbocycles. The van der Waals surface area contributed by atoms with Crippen molar-refractivity contribution in [3.8, 4) is 0 Å². The molecule has 30 heavy (non-hydrogen) atoms. The number of rotatable bonds is 10. The first-order chi connectivity index (χ1) is 14.3. The van der Waals surface area contributed by atoms with Crippen molar-refractivity contribution in [3.63, 3.8) is 0 Å². The minimum atomic E-state index is -0.864. The lowest BCUT2D eigenvalue weighted by molar-refractivity contribution is -0.126. The molecule has 1 aromatic carbocycles. The number of carbonyl (C=O) groups excluding carboxylic acids is 3. The quantitative estimate of drug-likeness (QED) is 0.455. The Bertz CT molecular complexity index is 743. The van der Waals surface area contributed by atoms with Gasteiger partial charge in [0.2, 0.25) is 11.8 Å². The van der Waals surface area contributed by atoms with Gasteiger partial charge in [-0.05, 0) is 42.9 Å². The van der Waals surface area contributed by atoms with E-state index in [1.54, 1.807) is 6.07 Å². The van der Waals surface area contributed by atoms with Gasteiger partial charge < -0.3 is 25.8 Å². The fourth-order valence-corrected chi connectivity index (χ4v) is 3.36. The topological polar surface area (TPSA) is 117 Å². The smallest absolute Gasteiger partial charge is 0.408 e. The fraction of sp³-hybridized carbons (Fsp3) is 0.571. The van der Waals surface area contributed by atoms with Crippen LogP contribution in [0.15, 0.2) is 24.3 Å². The first-order valence-corrected chi connectivity index (χ1v) is 10.1. The van der Waals surface area contributed by atoms with E-state index >= 15 is 0 Å². The lowest BCUT2D eigenvalue weighted by Crippen LogP contribution is -2.51. The first kappa shape index (κ1) is 23.6. The van der Waals surface area contributed by atoms with Gasteiger partial charge in [0.05, 0.1) is 12.6 Å². The summed E-state index contributed by atoms with van der Waals surface area (Å²) >= 11 is 0. The van der Waals surface area contributed by atoms with Gasteiger partial charge in [-0.25, -0.2) is 9.18 Å². The van der Waals surface area contributed by atoms with Crippen LogP contribution in [0, 0.1) is 17.7 Å². The minimum Gasteiger partial charge on any atom is -0.445 e. The molecule has 1 heterocycles. The predicted octanol–water partition coefficient (Wildman–Crippen LogP) is 1.47. The number of benzene rings is 1. The Morgan fingerprint density at radius 3 is 2.70 bits per heavy atom. The van der Waals surface area contributed by atoms with Gasteiger partial charge in [0, 0.05) is 12.5 Å². The monoisotopic (exact) mass is 423 g/mol. The number of aliphatic hydroxyl groups excluding tert-OH is 1. The average molecular weight is 423 g/mol. The van der Waals surface area contributed by atoms with Gasteiger partial charge in [-0.2, -0.15) is 0 Å². The molecule has 1 aliphatic heterocycles. The zero-order valence-corrected chi connectivity index (χ0v) is 17.3. The second-order valence-electron chi connectivity index (χ2n) is 7.93. The number of hydrogen-bond acceptors (Lipinski definition) is 5. The molecule has 4 N–H and O–H groups in total. The highest BCUT2D eigenvalue weighted by atomic mass is 19.1. The molecule has 1 aromatic rings. The number of amides is 3. The van der Waals surface area contributed by atoms with Gasteiger partial charge in [0.15, 0.2) is 0 Å². The lowest BCUT2D eigenvalue weighted by Gasteiger charge is -2.24. The van der Waals surface area contributed by atoms with Crippen LogP contribution in [0.5, 0.6) is 0 Å². The van der Waals surface area contributed by atoms with Crippen molar-refractivity contribution >= 4 is 17.9 Å². The van der Waals surface area contributed by atoms with Crippen LogP contribution >= 0.6 is 0 Å². The van der Waals surface area contributed by atoms with Crippen molar-refractivity contribution in [3.05, 3.63) is 35.6 Å². The van der Waals surface area contributed by atoms with Gasteiger partial charge in [0.25, 0.3) is 0 Å². The lowest BCUT2D eigenvalue weighted by atomic mass is 9.97. The largest absolute Gasteiger partial charge is 0.445 e. The number of ether oxygens (including phenoxy) is 1. The van der Waals surface area contributed by atoms with Gasteiger partial charge in [-0.3, -0.25) is 9.59 Å². The Morgan fingerprint density at radius 2 is 2.10 bits per heavy atom. The molecule has 1 saturated heterocycles.